The Bertz CT molecular complexity index is 787. The van der Waals surface area contributed by atoms with Crippen molar-refractivity contribution < 1.29 is 27.0 Å². The summed E-state index contributed by atoms with van der Waals surface area (Å²) in [6.45, 7) is 2.75. The number of hydrogen-bond acceptors (Lipinski definition) is 6. The molecule has 0 bridgehead atoms. The lowest BCUT2D eigenvalue weighted by Crippen LogP contribution is -2.48. The molecule has 1 aromatic rings. The van der Waals surface area contributed by atoms with Crippen LogP contribution in [0.4, 0.5) is 0 Å². The van der Waals surface area contributed by atoms with Crippen LogP contribution in [0.2, 0.25) is 0 Å². The summed E-state index contributed by atoms with van der Waals surface area (Å²) in [6, 6.07) is 3.74. The Kier molecular flexibility index (Phi) is 5.17. The van der Waals surface area contributed by atoms with E-state index in [1.54, 1.807) is 19.1 Å². The number of sulfone groups is 1. The summed E-state index contributed by atoms with van der Waals surface area (Å²) in [5, 5.41) is 19.2. The van der Waals surface area contributed by atoms with E-state index in [2.05, 4.69) is 0 Å². The van der Waals surface area contributed by atoms with Crippen LogP contribution in [-0.2, 0) is 19.9 Å². The third kappa shape index (κ3) is 3.74. The van der Waals surface area contributed by atoms with Crippen molar-refractivity contribution in [2.45, 2.75) is 30.9 Å². The Balaban J connectivity index is 2.48. The van der Waals surface area contributed by atoms with Crippen molar-refractivity contribution in [2.75, 3.05) is 24.7 Å². The van der Waals surface area contributed by atoms with Crippen molar-refractivity contribution in [3.05, 3.63) is 29.3 Å². The van der Waals surface area contributed by atoms with Gasteiger partial charge in [-0.2, -0.15) is 4.31 Å². The van der Waals surface area contributed by atoms with Crippen molar-refractivity contribution in [2.24, 2.45) is 0 Å². The second kappa shape index (κ2) is 6.48. The highest BCUT2D eigenvalue weighted by Crippen LogP contribution is 2.27. The normalized spacial score (nSPS) is 24.2. The lowest BCUT2D eigenvalue weighted by Gasteiger charge is -2.29. The van der Waals surface area contributed by atoms with Gasteiger partial charge >= 0.3 is 0 Å². The van der Waals surface area contributed by atoms with E-state index < -0.39 is 50.1 Å². The van der Waals surface area contributed by atoms with Gasteiger partial charge in [0, 0.05) is 6.54 Å². The van der Waals surface area contributed by atoms with Crippen LogP contribution in [0.15, 0.2) is 23.1 Å². The predicted molar refractivity (Wildman–Crippen MR) is 85.3 cm³/mol. The van der Waals surface area contributed by atoms with Gasteiger partial charge < -0.3 is 10.2 Å². The maximum absolute atomic E-state index is 12.9. The van der Waals surface area contributed by atoms with Crippen LogP contribution in [0.1, 0.15) is 11.1 Å². The van der Waals surface area contributed by atoms with Gasteiger partial charge in [0.25, 0.3) is 0 Å². The van der Waals surface area contributed by atoms with Gasteiger partial charge in [0.15, 0.2) is 9.84 Å². The van der Waals surface area contributed by atoms with E-state index in [9.17, 15) is 27.0 Å². The molecule has 130 valence electrons. The summed E-state index contributed by atoms with van der Waals surface area (Å²) in [5.74, 6) is -0.916. The smallest absolute Gasteiger partial charge is 0.243 e. The van der Waals surface area contributed by atoms with Crippen LogP contribution < -0.4 is 0 Å². The quantitative estimate of drug-likeness (QED) is 0.726. The fraction of sp³-hybridized carbons (Fsp3) is 0.571. The van der Waals surface area contributed by atoms with Crippen LogP contribution in [0.25, 0.3) is 0 Å². The van der Waals surface area contributed by atoms with Crippen LogP contribution in [0, 0.1) is 13.8 Å². The van der Waals surface area contributed by atoms with Crippen LogP contribution in [0.3, 0.4) is 0 Å². The average molecular weight is 363 g/mol. The first kappa shape index (κ1) is 18.3. The molecule has 2 N–H and O–H groups in total. The largest absolute Gasteiger partial charge is 0.395 e. The number of benzene rings is 1. The number of aliphatic hydroxyl groups excluding tert-OH is 2. The maximum Gasteiger partial charge on any atom is 0.243 e. The van der Waals surface area contributed by atoms with E-state index in [0.717, 1.165) is 9.87 Å². The van der Waals surface area contributed by atoms with Gasteiger partial charge in [0.1, 0.15) is 0 Å². The molecule has 1 heterocycles. The molecule has 23 heavy (non-hydrogen) atoms. The Morgan fingerprint density at radius 3 is 2.39 bits per heavy atom. The molecule has 0 saturated carbocycles. The zero-order chi connectivity index (χ0) is 17.4. The number of aliphatic hydroxyl groups is 2. The summed E-state index contributed by atoms with van der Waals surface area (Å²) in [7, 11) is -7.53. The van der Waals surface area contributed by atoms with Crippen molar-refractivity contribution in [3.63, 3.8) is 0 Å². The Labute approximate surface area is 136 Å². The minimum Gasteiger partial charge on any atom is -0.395 e. The van der Waals surface area contributed by atoms with Crippen molar-refractivity contribution in [3.8, 4) is 0 Å². The second-order valence-electron chi connectivity index (χ2n) is 5.82. The Morgan fingerprint density at radius 2 is 1.91 bits per heavy atom. The monoisotopic (exact) mass is 363 g/mol. The zero-order valence-electron chi connectivity index (χ0n) is 13.0. The number of rotatable bonds is 5. The molecule has 1 aliphatic rings. The molecule has 0 aromatic heterocycles. The molecule has 0 unspecified atom stereocenters. The Morgan fingerprint density at radius 1 is 1.26 bits per heavy atom. The summed E-state index contributed by atoms with van der Waals surface area (Å²) in [5.41, 5.74) is 1.43. The number of hydrogen-bond donors (Lipinski definition) is 2. The molecule has 2 atom stereocenters. The standard InChI is InChI=1S/C14H21NO6S2/c1-10-3-4-14(11(2)7-10)23(20,21)15(5-6-16)12-8-22(18,19)9-13(12)17/h3-4,7,12-13,16-17H,5-6,8-9H2,1-2H3/t12-,13-/m1/s1. The first-order valence-electron chi connectivity index (χ1n) is 7.17. The third-order valence-corrected chi connectivity index (χ3v) is 7.68. The average Bonchev–Trinajstić information content (AvgIpc) is 2.68. The highest BCUT2D eigenvalue weighted by Gasteiger charge is 2.44. The van der Waals surface area contributed by atoms with Crippen molar-refractivity contribution in [1.82, 2.24) is 4.31 Å². The molecule has 0 spiro atoms. The summed E-state index contributed by atoms with van der Waals surface area (Å²) in [4.78, 5) is 0.0491. The minimum absolute atomic E-state index is 0.0491. The van der Waals surface area contributed by atoms with Gasteiger partial charge in [0.2, 0.25) is 10.0 Å². The van der Waals surface area contributed by atoms with Crippen LogP contribution in [-0.4, -0.2) is 68.2 Å². The molecule has 1 saturated heterocycles. The number of aryl methyl sites for hydroxylation is 2. The first-order valence-corrected chi connectivity index (χ1v) is 10.4. The van der Waals surface area contributed by atoms with E-state index >= 15 is 0 Å². The molecule has 2 rings (SSSR count). The van der Waals surface area contributed by atoms with E-state index in [0.29, 0.717) is 5.56 Å². The molecule has 0 amide bonds. The van der Waals surface area contributed by atoms with Gasteiger partial charge in [-0.1, -0.05) is 17.7 Å². The van der Waals surface area contributed by atoms with Crippen molar-refractivity contribution >= 4 is 19.9 Å². The first-order chi connectivity index (χ1) is 10.6. The van der Waals surface area contributed by atoms with E-state index in [1.165, 1.54) is 6.07 Å². The predicted octanol–water partition coefficient (Wildman–Crippen LogP) is -0.556. The third-order valence-electron chi connectivity index (χ3n) is 3.90. The summed E-state index contributed by atoms with van der Waals surface area (Å²) >= 11 is 0. The van der Waals surface area contributed by atoms with Crippen molar-refractivity contribution in [1.29, 1.82) is 0 Å². The highest BCUT2D eigenvalue weighted by atomic mass is 32.2. The molecule has 9 heteroatoms. The van der Waals surface area contributed by atoms with Gasteiger partial charge in [-0.25, -0.2) is 16.8 Å². The van der Waals surface area contributed by atoms with Gasteiger partial charge in [0.05, 0.1) is 35.2 Å². The highest BCUT2D eigenvalue weighted by molar-refractivity contribution is 7.92. The summed E-state index contributed by atoms with van der Waals surface area (Å²) < 4.78 is 50.1. The molecular weight excluding hydrogens is 342 g/mol. The van der Waals surface area contributed by atoms with Gasteiger partial charge in [-0.15, -0.1) is 0 Å². The number of sulfonamides is 1. The van der Waals surface area contributed by atoms with Gasteiger partial charge in [-0.3, -0.25) is 0 Å². The van der Waals surface area contributed by atoms with E-state index in [1.807, 2.05) is 6.92 Å². The minimum atomic E-state index is -4.03. The lowest BCUT2D eigenvalue weighted by molar-refractivity contribution is 0.117. The van der Waals surface area contributed by atoms with Crippen LogP contribution >= 0.6 is 0 Å². The van der Waals surface area contributed by atoms with Gasteiger partial charge in [-0.05, 0) is 25.5 Å². The fourth-order valence-electron chi connectivity index (χ4n) is 2.86. The van der Waals surface area contributed by atoms with Crippen LogP contribution in [0.5, 0.6) is 0 Å². The molecule has 1 aliphatic heterocycles. The fourth-order valence-corrected chi connectivity index (χ4v) is 6.61. The molecular formula is C14H21NO6S2. The van der Waals surface area contributed by atoms with E-state index in [-0.39, 0.29) is 11.4 Å². The zero-order valence-corrected chi connectivity index (χ0v) is 14.6. The number of nitrogens with zero attached hydrogens (tertiary/aromatic N) is 1. The lowest BCUT2D eigenvalue weighted by atomic mass is 10.2. The topological polar surface area (TPSA) is 112 Å². The second-order valence-corrected chi connectivity index (χ2v) is 9.83. The summed E-state index contributed by atoms with van der Waals surface area (Å²) in [6.07, 6.45) is -1.30. The molecule has 7 nitrogen and oxygen atoms in total. The molecule has 0 radical (unpaired) electrons. The Hall–Kier alpha value is -1.00. The van der Waals surface area contributed by atoms with E-state index in [4.69, 9.17) is 0 Å². The molecule has 0 aliphatic carbocycles. The molecule has 1 aromatic carbocycles. The SMILES string of the molecule is Cc1ccc(S(=O)(=O)N(CCO)[C@@H]2CS(=O)(=O)C[C@H]2O)c(C)c1. The maximum atomic E-state index is 12.9. The molecule has 1 fully saturated rings.